The number of rotatable bonds is 6. The third-order valence-corrected chi connectivity index (χ3v) is 4.00. The van der Waals surface area contributed by atoms with Crippen LogP contribution in [0.25, 0.3) is 0 Å². The molecule has 1 aliphatic rings. The third-order valence-electron chi connectivity index (χ3n) is 4.00. The smallest absolute Gasteiger partial charge is 0.190 e. The van der Waals surface area contributed by atoms with Gasteiger partial charge in [-0.05, 0) is 55.9 Å². The molecule has 1 unspecified atom stereocenters. The summed E-state index contributed by atoms with van der Waals surface area (Å²) in [7, 11) is 1.77. The minimum absolute atomic E-state index is 0. The predicted octanol–water partition coefficient (Wildman–Crippen LogP) is 3.03. The maximum Gasteiger partial charge on any atom is 0.190 e. The predicted molar refractivity (Wildman–Crippen MR) is 103 cm³/mol. The monoisotopic (exact) mass is 435 g/mol. The van der Waals surface area contributed by atoms with Crippen molar-refractivity contribution in [2.45, 2.75) is 38.7 Å². The Hall–Kier alpha value is -0.890. The van der Waals surface area contributed by atoms with Crippen molar-refractivity contribution in [2.75, 3.05) is 26.7 Å². The Morgan fingerprint density at radius 3 is 2.78 bits per heavy atom. The number of guanidine groups is 1. The SMILES string of the molecule is CN=C(NCCc1ccc(F)cc1C)NCCC1CCCO1.I. The lowest BCUT2D eigenvalue weighted by Gasteiger charge is -2.14. The van der Waals surface area contributed by atoms with E-state index < -0.39 is 0 Å². The largest absolute Gasteiger partial charge is 0.378 e. The second kappa shape index (κ2) is 10.8. The van der Waals surface area contributed by atoms with Crippen LogP contribution in [0, 0.1) is 12.7 Å². The average Bonchev–Trinajstić information content (AvgIpc) is 3.01. The van der Waals surface area contributed by atoms with E-state index in [2.05, 4.69) is 15.6 Å². The summed E-state index contributed by atoms with van der Waals surface area (Å²) in [5.74, 6) is 0.624. The average molecular weight is 435 g/mol. The van der Waals surface area contributed by atoms with Crippen molar-refractivity contribution in [1.82, 2.24) is 10.6 Å². The Kier molecular flexibility index (Phi) is 9.47. The van der Waals surface area contributed by atoms with E-state index >= 15 is 0 Å². The molecule has 0 aliphatic carbocycles. The van der Waals surface area contributed by atoms with E-state index in [1.54, 1.807) is 13.1 Å². The minimum Gasteiger partial charge on any atom is -0.378 e. The molecular formula is C17H27FIN3O. The van der Waals surface area contributed by atoms with Crippen molar-refractivity contribution in [3.8, 4) is 0 Å². The molecule has 1 saturated heterocycles. The highest BCUT2D eigenvalue weighted by Crippen LogP contribution is 2.14. The Morgan fingerprint density at radius 1 is 1.35 bits per heavy atom. The summed E-state index contributed by atoms with van der Waals surface area (Å²) in [6.45, 7) is 4.47. The van der Waals surface area contributed by atoms with E-state index in [0.29, 0.717) is 6.10 Å². The van der Waals surface area contributed by atoms with Crippen molar-refractivity contribution in [1.29, 1.82) is 0 Å². The fourth-order valence-corrected chi connectivity index (χ4v) is 2.70. The van der Waals surface area contributed by atoms with Gasteiger partial charge < -0.3 is 15.4 Å². The number of benzene rings is 1. The minimum atomic E-state index is -0.180. The van der Waals surface area contributed by atoms with Crippen LogP contribution in [-0.4, -0.2) is 38.8 Å². The molecule has 1 fully saturated rings. The van der Waals surface area contributed by atoms with Crippen molar-refractivity contribution < 1.29 is 9.13 Å². The summed E-state index contributed by atoms with van der Waals surface area (Å²) in [4.78, 5) is 4.21. The Morgan fingerprint density at radius 2 is 2.13 bits per heavy atom. The first kappa shape index (κ1) is 20.2. The molecule has 130 valence electrons. The van der Waals surface area contributed by atoms with Crippen molar-refractivity contribution in [3.63, 3.8) is 0 Å². The number of hydrogen-bond donors (Lipinski definition) is 2. The van der Waals surface area contributed by atoms with E-state index in [0.717, 1.165) is 56.0 Å². The quantitative estimate of drug-likeness (QED) is 0.410. The summed E-state index contributed by atoms with van der Waals surface area (Å²) in [6, 6.07) is 4.93. The molecule has 0 bridgehead atoms. The van der Waals surface area contributed by atoms with Gasteiger partial charge in [-0.3, -0.25) is 4.99 Å². The van der Waals surface area contributed by atoms with Gasteiger partial charge in [-0.2, -0.15) is 0 Å². The molecule has 2 rings (SSSR count). The number of hydrogen-bond acceptors (Lipinski definition) is 2. The maximum atomic E-state index is 13.1. The van der Waals surface area contributed by atoms with E-state index in [1.165, 1.54) is 12.5 Å². The van der Waals surface area contributed by atoms with Crippen LogP contribution < -0.4 is 10.6 Å². The molecule has 0 radical (unpaired) electrons. The van der Waals surface area contributed by atoms with Crippen molar-refractivity contribution in [3.05, 3.63) is 35.1 Å². The van der Waals surface area contributed by atoms with Crippen molar-refractivity contribution in [2.24, 2.45) is 4.99 Å². The van der Waals surface area contributed by atoms with Crippen LogP contribution in [0.3, 0.4) is 0 Å². The van der Waals surface area contributed by atoms with Gasteiger partial charge in [-0.25, -0.2) is 4.39 Å². The Bertz CT molecular complexity index is 505. The molecule has 1 heterocycles. The summed E-state index contributed by atoms with van der Waals surface area (Å²) < 4.78 is 18.7. The molecule has 1 atom stereocenters. The highest BCUT2D eigenvalue weighted by Gasteiger charge is 2.14. The zero-order valence-corrected chi connectivity index (χ0v) is 16.2. The molecule has 2 N–H and O–H groups in total. The van der Waals surface area contributed by atoms with Crippen LogP contribution in [0.5, 0.6) is 0 Å². The molecule has 4 nitrogen and oxygen atoms in total. The molecule has 23 heavy (non-hydrogen) atoms. The Balaban J connectivity index is 0.00000264. The Labute approximate surface area is 155 Å². The molecule has 0 aromatic heterocycles. The fourth-order valence-electron chi connectivity index (χ4n) is 2.70. The van der Waals surface area contributed by atoms with Gasteiger partial charge in [0.1, 0.15) is 5.82 Å². The van der Waals surface area contributed by atoms with Crippen molar-refractivity contribution >= 4 is 29.9 Å². The van der Waals surface area contributed by atoms with E-state index in [1.807, 2.05) is 13.0 Å². The second-order valence-corrected chi connectivity index (χ2v) is 5.67. The molecule has 0 spiro atoms. The molecule has 1 aromatic carbocycles. The molecule has 0 saturated carbocycles. The number of halogens is 2. The van der Waals surface area contributed by atoms with Gasteiger partial charge in [0.05, 0.1) is 6.10 Å². The molecule has 1 aromatic rings. The number of ether oxygens (including phenoxy) is 1. The second-order valence-electron chi connectivity index (χ2n) is 5.67. The lowest BCUT2D eigenvalue weighted by molar-refractivity contribution is 0.105. The number of aliphatic imine (C=N–C) groups is 1. The van der Waals surface area contributed by atoms with Crippen LogP contribution in [0.1, 0.15) is 30.4 Å². The highest BCUT2D eigenvalue weighted by atomic mass is 127. The number of nitrogens with zero attached hydrogens (tertiary/aromatic N) is 1. The fraction of sp³-hybridized carbons (Fsp3) is 0.588. The summed E-state index contributed by atoms with van der Waals surface area (Å²) >= 11 is 0. The van der Waals surface area contributed by atoms with Crippen LogP contribution >= 0.6 is 24.0 Å². The van der Waals surface area contributed by atoms with Gasteiger partial charge in [-0.15, -0.1) is 24.0 Å². The van der Waals surface area contributed by atoms with Crippen LogP contribution in [-0.2, 0) is 11.2 Å². The zero-order valence-electron chi connectivity index (χ0n) is 13.9. The van der Waals surface area contributed by atoms with Gasteiger partial charge in [0, 0.05) is 26.7 Å². The van der Waals surface area contributed by atoms with E-state index in [4.69, 9.17) is 4.74 Å². The summed E-state index contributed by atoms with van der Waals surface area (Å²) in [5.41, 5.74) is 2.15. The first-order valence-electron chi connectivity index (χ1n) is 8.00. The first-order chi connectivity index (χ1) is 10.7. The van der Waals surface area contributed by atoms with Gasteiger partial charge in [-0.1, -0.05) is 6.07 Å². The van der Waals surface area contributed by atoms with Gasteiger partial charge in [0.15, 0.2) is 5.96 Å². The molecule has 1 aliphatic heterocycles. The topological polar surface area (TPSA) is 45.7 Å². The maximum absolute atomic E-state index is 13.1. The normalized spacial score (nSPS) is 17.7. The van der Waals surface area contributed by atoms with Gasteiger partial charge in [0.2, 0.25) is 0 Å². The molecule has 6 heteroatoms. The van der Waals surface area contributed by atoms with Crippen LogP contribution in [0.2, 0.25) is 0 Å². The van der Waals surface area contributed by atoms with E-state index in [9.17, 15) is 4.39 Å². The zero-order chi connectivity index (χ0) is 15.8. The first-order valence-corrected chi connectivity index (χ1v) is 8.00. The number of nitrogens with one attached hydrogen (secondary N) is 2. The molecular weight excluding hydrogens is 408 g/mol. The van der Waals surface area contributed by atoms with Crippen LogP contribution in [0.4, 0.5) is 4.39 Å². The standard InChI is InChI=1S/C17H26FN3O.HI/c1-13-12-15(18)6-5-14(13)7-9-20-17(19-2)21-10-8-16-4-3-11-22-16;/h5-6,12,16H,3-4,7-11H2,1-2H3,(H2,19,20,21);1H. The van der Waals surface area contributed by atoms with Gasteiger partial charge >= 0.3 is 0 Å². The summed E-state index contributed by atoms with van der Waals surface area (Å²) in [5, 5.41) is 6.59. The van der Waals surface area contributed by atoms with Crippen LogP contribution in [0.15, 0.2) is 23.2 Å². The third kappa shape index (κ3) is 7.03. The number of aryl methyl sites for hydroxylation is 1. The van der Waals surface area contributed by atoms with E-state index in [-0.39, 0.29) is 29.8 Å². The van der Waals surface area contributed by atoms with Gasteiger partial charge in [0.25, 0.3) is 0 Å². The lowest BCUT2D eigenvalue weighted by Crippen LogP contribution is -2.39. The molecule has 0 amide bonds. The lowest BCUT2D eigenvalue weighted by atomic mass is 10.1. The highest BCUT2D eigenvalue weighted by molar-refractivity contribution is 14.0. The summed E-state index contributed by atoms with van der Waals surface area (Å²) in [6.07, 6.45) is 4.59.